The first-order valence-corrected chi connectivity index (χ1v) is 15.4. The quantitative estimate of drug-likeness (QED) is 0.280. The molecule has 3 fully saturated rings. The third-order valence-corrected chi connectivity index (χ3v) is 11.0. The second-order valence-electron chi connectivity index (χ2n) is 14.5. The van der Waals surface area contributed by atoms with Crippen LogP contribution in [-0.2, 0) is 23.9 Å². The number of allylic oxidation sites excluding steroid dienone is 1. The van der Waals surface area contributed by atoms with Gasteiger partial charge in [0, 0.05) is 25.8 Å². The normalized spacial score (nSPS) is 35.9. The van der Waals surface area contributed by atoms with E-state index in [1.807, 2.05) is 6.92 Å². The summed E-state index contributed by atoms with van der Waals surface area (Å²) in [5.41, 5.74) is 0.911. The Morgan fingerprint density at radius 1 is 1.07 bits per heavy atom. The molecule has 0 heterocycles. The van der Waals surface area contributed by atoms with Crippen molar-refractivity contribution in [3.8, 4) is 0 Å². The second kappa shape index (κ2) is 11.6. The fourth-order valence-electron chi connectivity index (χ4n) is 9.02. The van der Waals surface area contributed by atoms with Crippen LogP contribution in [0.5, 0.6) is 0 Å². The summed E-state index contributed by atoms with van der Waals surface area (Å²) < 4.78 is 10.8. The Balaban J connectivity index is 1.39. The lowest BCUT2D eigenvalue weighted by atomic mass is 9.47. The van der Waals surface area contributed by atoms with Gasteiger partial charge in [-0.15, -0.1) is 0 Å². The number of hydrogen-bond donors (Lipinski definition) is 3. The van der Waals surface area contributed by atoms with Crippen molar-refractivity contribution in [3.05, 3.63) is 11.6 Å². The van der Waals surface area contributed by atoms with Crippen molar-refractivity contribution in [1.82, 2.24) is 10.6 Å². The molecule has 3 N–H and O–H groups in total. The van der Waals surface area contributed by atoms with Gasteiger partial charge in [0.15, 0.2) is 0 Å². The van der Waals surface area contributed by atoms with Gasteiger partial charge in [0.1, 0.15) is 17.7 Å². The Kier molecular flexibility index (Phi) is 8.87. The van der Waals surface area contributed by atoms with Gasteiger partial charge >= 0.3 is 18.0 Å². The zero-order chi connectivity index (χ0) is 30.3. The highest BCUT2D eigenvalue weighted by molar-refractivity contribution is 5.83. The monoisotopic (exact) mass is 574 g/mol. The van der Waals surface area contributed by atoms with E-state index >= 15 is 0 Å². The van der Waals surface area contributed by atoms with Crippen LogP contribution in [0.3, 0.4) is 0 Å². The lowest BCUT2D eigenvalue weighted by molar-refractivity contribution is -0.148. The van der Waals surface area contributed by atoms with Crippen molar-refractivity contribution in [2.75, 3.05) is 6.54 Å². The van der Waals surface area contributed by atoms with Crippen molar-refractivity contribution in [1.29, 1.82) is 0 Å². The number of esters is 1. The predicted molar refractivity (Wildman–Crippen MR) is 154 cm³/mol. The number of ether oxygens (including phenoxy) is 2. The molecular weight excluding hydrogens is 524 g/mol. The van der Waals surface area contributed by atoms with Gasteiger partial charge < -0.3 is 25.2 Å². The van der Waals surface area contributed by atoms with E-state index in [1.54, 1.807) is 20.8 Å². The largest absolute Gasteiger partial charge is 0.480 e. The van der Waals surface area contributed by atoms with Gasteiger partial charge in [0.25, 0.3) is 0 Å². The molecule has 4 aliphatic rings. The van der Waals surface area contributed by atoms with Crippen molar-refractivity contribution in [2.45, 2.75) is 118 Å². The molecule has 230 valence electrons. The number of aliphatic carboxylic acids is 1. The van der Waals surface area contributed by atoms with Crippen LogP contribution in [0, 0.1) is 40.4 Å². The second-order valence-corrected chi connectivity index (χ2v) is 14.5. The molecule has 0 aromatic rings. The van der Waals surface area contributed by atoms with Gasteiger partial charge in [-0.2, -0.15) is 0 Å². The summed E-state index contributed by atoms with van der Waals surface area (Å²) in [6, 6.07) is -1.27. The maximum Gasteiger partial charge on any atom is 0.408 e. The highest BCUT2D eigenvalue weighted by atomic mass is 16.6. The van der Waals surface area contributed by atoms with Gasteiger partial charge in [-0.3, -0.25) is 9.59 Å². The van der Waals surface area contributed by atoms with Gasteiger partial charge in [0.05, 0.1) is 0 Å². The van der Waals surface area contributed by atoms with Crippen LogP contribution < -0.4 is 10.6 Å². The maximum atomic E-state index is 13.3. The zero-order valence-electron chi connectivity index (χ0n) is 25.9. The van der Waals surface area contributed by atoms with Gasteiger partial charge in [-0.25, -0.2) is 9.59 Å². The topological polar surface area (TPSA) is 131 Å². The Morgan fingerprint density at radius 2 is 1.78 bits per heavy atom. The molecule has 0 aromatic heterocycles. The van der Waals surface area contributed by atoms with Crippen LogP contribution in [0.15, 0.2) is 11.6 Å². The molecule has 0 spiro atoms. The van der Waals surface area contributed by atoms with E-state index < -0.39 is 23.7 Å². The maximum absolute atomic E-state index is 13.3. The number of hydrogen-bond acceptors (Lipinski definition) is 6. The first-order chi connectivity index (χ1) is 19.0. The van der Waals surface area contributed by atoms with E-state index in [-0.39, 0.29) is 47.2 Å². The van der Waals surface area contributed by atoms with Crippen LogP contribution in [0.1, 0.15) is 99.8 Å². The summed E-state index contributed by atoms with van der Waals surface area (Å²) in [7, 11) is 0. The number of carbonyl (C=O) groups excluding carboxylic acids is 3. The molecule has 0 unspecified atom stereocenters. The van der Waals surface area contributed by atoms with E-state index in [0.29, 0.717) is 17.8 Å². The minimum absolute atomic E-state index is 0.00693. The summed E-state index contributed by atoms with van der Waals surface area (Å²) in [5, 5.41) is 14.8. The molecule has 0 aliphatic heterocycles. The van der Waals surface area contributed by atoms with Crippen molar-refractivity contribution in [2.24, 2.45) is 40.4 Å². The zero-order valence-corrected chi connectivity index (χ0v) is 25.9. The molecule has 2 amide bonds. The molecular formula is C32H50N2O7. The van der Waals surface area contributed by atoms with Gasteiger partial charge in [-0.05, 0) is 100 Å². The van der Waals surface area contributed by atoms with Crippen LogP contribution in [0.25, 0.3) is 0 Å². The molecule has 4 aliphatic carbocycles. The highest BCUT2D eigenvalue weighted by Gasteiger charge is 2.59. The summed E-state index contributed by atoms with van der Waals surface area (Å²) in [6.07, 6.45) is 9.77. The van der Waals surface area contributed by atoms with Crippen LogP contribution >= 0.6 is 0 Å². The average Bonchev–Trinajstić information content (AvgIpc) is 3.21. The molecule has 0 aromatic carbocycles. The van der Waals surface area contributed by atoms with E-state index in [9.17, 15) is 24.3 Å². The third kappa shape index (κ3) is 6.43. The summed E-state index contributed by atoms with van der Waals surface area (Å²) in [4.78, 5) is 48.7. The Morgan fingerprint density at radius 3 is 2.41 bits per heavy atom. The lowest BCUT2D eigenvalue weighted by Gasteiger charge is -2.58. The number of nitrogens with one attached hydrogen (secondary N) is 2. The molecule has 41 heavy (non-hydrogen) atoms. The average molecular weight is 575 g/mol. The first-order valence-electron chi connectivity index (χ1n) is 15.4. The molecule has 9 heteroatoms. The van der Waals surface area contributed by atoms with Crippen LogP contribution in [-0.4, -0.2) is 53.3 Å². The molecule has 3 saturated carbocycles. The molecule has 9 atom stereocenters. The van der Waals surface area contributed by atoms with E-state index in [0.717, 1.165) is 51.4 Å². The number of amides is 2. The molecule has 0 radical (unpaired) electrons. The fraction of sp³-hybridized carbons (Fsp3) is 0.812. The Hall–Kier alpha value is -2.58. The molecule has 0 saturated heterocycles. The highest BCUT2D eigenvalue weighted by Crippen LogP contribution is 2.67. The lowest BCUT2D eigenvalue weighted by Crippen LogP contribution is -2.53. The van der Waals surface area contributed by atoms with Crippen molar-refractivity contribution < 1.29 is 33.8 Å². The summed E-state index contributed by atoms with van der Waals surface area (Å²) in [5.74, 6) is 0.0972. The van der Waals surface area contributed by atoms with Crippen molar-refractivity contribution >= 4 is 23.9 Å². The van der Waals surface area contributed by atoms with Crippen molar-refractivity contribution in [3.63, 3.8) is 0 Å². The first kappa shape index (κ1) is 31.4. The van der Waals surface area contributed by atoms with Gasteiger partial charge in [0.2, 0.25) is 5.91 Å². The number of carboxylic acids is 1. The number of alkyl carbamates (subject to hydrolysis) is 1. The van der Waals surface area contributed by atoms with Crippen LogP contribution in [0.2, 0.25) is 0 Å². The third-order valence-electron chi connectivity index (χ3n) is 11.0. The van der Waals surface area contributed by atoms with E-state index in [4.69, 9.17) is 9.47 Å². The minimum atomic E-state index is -1.27. The van der Waals surface area contributed by atoms with Gasteiger partial charge in [-0.1, -0.05) is 32.4 Å². The molecule has 0 bridgehead atoms. The number of carbonyl (C=O) groups is 4. The van der Waals surface area contributed by atoms with E-state index in [2.05, 4.69) is 30.6 Å². The fourth-order valence-corrected chi connectivity index (χ4v) is 9.02. The number of rotatable bonds is 7. The Bertz CT molecular complexity index is 1080. The minimum Gasteiger partial charge on any atom is -0.480 e. The summed E-state index contributed by atoms with van der Waals surface area (Å²) >= 11 is 0. The molecule has 4 rings (SSSR count). The SMILES string of the molecule is CC(=O)O[C@H]1CC[C@@]2(C)C(=CC[C@H]3[C@@H]4CC[C@H]([C@H](C)C(=O)NC[C@H](NC(=O)OC(C)(C)C)C(=O)O)[C@@]4(C)CC[C@@H]32)C1. The smallest absolute Gasteiger partial charge is 0.408 e. The standard InChI is InChI=1S/C32H50N2O7/c1-18(27(36)33-17-26(28(37)38)34-29(39)41-30(3,4)5)23-10-11-24-22-9-8-20-16-21(40-19(2)35)12-14-31(20,6)25(22)13-15-32(23,24)7/h8,18,21-26H,9-17H2,1-7H3,(H,33,36)(H,34,39)(H,37,38)/t18-,21-,22-,23+,24-,25-,26-,31-,32+/m0/s1. The number of fused-ring (bicyclic) bond motifs is 5. The van der Waals surface area contributed by atoms with E-state index in [1.165, 1.54) is 12.5 Å². The van der Waals surface area contributed by atoms with Crippen LogP contribution in [0.4, 0.5) is 4.79 Å². The number of carboxylic acid groups (broad SMARTS) is 1. The predicted octanol–water partition coefficient (Wildman–Crippen LogP) is 5.23. The Labute approximate surface area is 244 Å². The molecule has 9 nitrogen and oxygen atoms in total. The summed E-state index contributed by atoms with van der Waals surface area (Å²) in [6.45, 7) is 13.2.